The van der Waals surface area contributed by atoms with Gasteiger partial charge in [-0.25, -0.2) is 32.2 Å². The molecule has 4 heterocycles. The van der Waals surface area contributed by atoms with E-state index in [1.54, 1.807) is 19.9 Å². The summed E-state index contributed by atoms with van der Waals surface area (Å²) in [5.41, 5.74) is 0.384. The molecule has 1 aliphatic heterocycles. The normalized spacial score (nSPS) is 16.1. The third-order valence-electron chi connectivity index (χ3n) is 6.48. The Morgan fingerprint density at radius 2 is 1.86 bits per heavy atom. The summed E-state index contributed by atoms with van der Waals surface area (Å²) in [6.07, 6.45) is 2.67. The van der Waals surface area contributed by atoms with Crippen LogP contribution in [0.1, 0.15) is 44.3 Å². The molecule has 5 rings (SSSR count). The molecule has 4 aromatic rings. The van der Waals surface area contributed by atoms with E-state index in [0.717, 1.165) is 12.1 Å². The summed E-state index contributed by atoms with van der Waals surface area (Å²) in [6, 6.07) is 3.62. The Morgan fingerprint density at radius 1 is 1.12 bits per heavy atom. The van der Waals surface area contributed by atoms with Crippen LogP contribution < -0.4 is 14.2 Å². The Balaban J connectivity index is 1.60. The molecule has 16 heteroatoms. The average molecular weight is 622 g/mol. The second-order valence-corrected chi connectivity index (χ2v) is 12.1. The van der Waals surface area contributed by atoms with Crippen molar-refractivity contribution in [1.82, 2.24) is 29.7 Å². The van der Waals surface area contributed by atoms with Crippen LogP contribution in [0, 0.1) is 11.6 Å². The lowest BCUT2D eigenvalue weighted by Crippen LogP contribution is -2.35. The van der Waals surface area contributed by atoms with Gasteiger partial charge in [-0.2, -0.15) is 0 Å². The third-order valence-corrected chi connectivity index (χ3v) is 8.37. The van der Waals surface area contributed by atoms with Crippen LogP contribution in [0.3, 0.4) is 0 Å². The summed E-state index contributed by atoms with van der Waals surface area (Å²) < 4.78 is 77.6. The molecule has 0 amide bonds. The smallest absolute Gasteiger partial charge is 0.257 e. The summed E-state index contributed by atoms with van der Waals surface area (Å²) in [5, 5.41) is 7.36. The van der Waals surface area contributed by atoms with Gasteiger partial charge in [-0.1, -0.05) is 17.7 Å². The quantitative estimate of drug-likeness (QED) is 0.286. The van der Waals surface area contributed by atoms with E-state index in [2.05, 4.69) is 29.9 Å². The molecule has 0 bridgehead atoms. The Morgan fingerprint density at radius 3 is 2.52 bits per heavy atom. The molecule has 1 aliphatic rings. The molecule has 0 spiro atoms. The summed E-state index contributed by atoms with van der Waals surface area (Å²) in [4.78, 5) is 12.5. The number of methoxy groups -OCH3 is 1. The average Bonchev–Trinajstić information content (AvgIpc) is 3.26. The minimum absolute atomic E-state index is 0.0151. The fraction of sp³-hybridized carbons (Fsp3) is 0.346. The molecule has 0 radical (unpaired) electrons. The monoisotopic (exact) mass is 621 g/mol. The van der Waals surface area contributed by atoms with Crippen LogP contribution in [0.25, 0.3) is 11.4 Å². The molecule has 3 atom stereocenters. The third kappa shape index (κ3) is 5.71. The number of fused-ring (bicyclic) bond motifs is 3. The van der Waals surface area contributed by atoms with E-state index >= 15 is 4.39 Å². The highest BCUT2D eigenvalue weighted by molar-refractivity contribution is 7.93. The lowest BCUT2D eigenvalue weighted by molar-refractivity contribution is 0.00154. The molecule has 0 saturated carbocycles. The van der Waals surface area contributed by atoms with E-state index in [9.17, 15) is 12.8 Å². The van der Waals surface area contributed by atoms with Crippen LogP contribution in [-0.4, -0.2) is 63.2 Å². The second-order valence-electron chi connectivity index (χ2n) is 9.62. The number of halogens is 3. The number of anilines is 1. The van der Waals surface area contributed by atoms with Crippen molar-refractivity contribution in [2.45, 2.75) is 44.3 Å². The molecule has 42 heavy (non-hydrogen) atoms. The van der Waals surface area contributed by atoms with Gasteiger partial charge in [0.1, 0.15) is 35.6 Å². The van der Waals surface area contributed by atoms with Gasteiger partial charge in [0.05, 0.1) is 23.8 Å². The molecule has 3 aromatic heterocycles. The lowest BCUT2D eigenvalue weighted by atomic mass is 10.1. The topological polar surface area (TPSA) is 143 Å². The molecule has 0 unspecified atom stereocenters. The first-order valence-electron chi connectivity index (χ1n) is 12.7. The fourth-order valence-electron chi connectivity index (χ4n) is 4.49. The van der Waals surface area contributed by atoms with E-state index in [1.165, 1.54) is 43.3 Å². The number of nitrogens with zero attached hydrogens (tertiary/aromatic N) is 6. The maximum absolute atomic E-state index is 15.1. The number of ether oxygens (including phenoxy) is 3. The number of nitrogens with one attached hydrogen (secondary N) is 1. The van der Waals surface area contributed by atoms with Crippen LogP contribution in [0.15, 0.2) is 42.9 Å². The van der Waals surface area contributed by atoms with Crippen molar-refractivity contribution < 1.29 is 31.4 Å². The first-order chi connectivity index (χ1) is 20.0. The second kappa shape index (κ2) is 11.7. The Labute approximate surface area is 245 Å². The van der Waals surface area contributed by atoms with Crippen molar-refractivity contribution in [2.24, 2.45) is 0 Å². The molecule has 222 valence electrons. The molecular weight excluding hydrogens is 596 g/mol. The standard InChI is InChI=1S/C26H26ClF2N7O5S/c1-13(2)41-21(23-31-10-15(27)11-32-23)14(3)42(37,38)35-26-34-33-24-18-7-8-30-25(39-4)22(18)40-12-20(36(24)26)17-6-5-16(28)9-19(17)29/h5-11,13-14,20-21H,12H2,1-4H3,(H,34,35)/t14-,20-,21+/m0/s1. The zero-order valence-corrected chi connectivity index (χ0v) is 24.4. The molecule has 0 fully saturated rings. The largest absolute Gasteiger partial charge is 0.485 e. The van der Waals surface area contributed by atoms with Gasteiger partial charge in [0, 0.05) is 30.2 Å². The van der Waals surface area contributed by atoms with Crippen molar-refractivity contribution in [3.63, 3.8) is 0 Å². The summed E-state index contributed by atoms with van der Waals surface area (Å²) >= 11 is 5.92. The lowest BCUT2D eigenvalue weighted by Gasteiger charge is -2.26. The Kier molecular flexibility index (Phi) is 8.25. The minimum Gasteiger partial charge on any atom is -0.485 e. The van der Waals surface area contributed by atoms with Crippen molar-refractivity contribution in [3.05, 3.63) is 70.9 Å². The van der Waals surface area contributed by atoms with Crippen LogP contribution >= 0.6 is 11.6 Å². The highest BCUT2D eigenvalue weighted by atomic mass is 35.5. The number of pyridine rings is 1. The van der Waals surface area contributed by atoms with Crippen LogP contribution in [0.2, 0.25) is 5.02 Å². The van der Waals surface area contributed by atoms with Crippen LogP contribution in [0.5, 0.6) is 11.6 Å². The van der Waals surface area contributed by atoms with E-state index < -0.39 is 39.1 Å². The zero-order chi connectivity index (χ0) is 30.2. The first kappa shape index (κ1) is 29.5. The zero-order valence-electron chi connectivity index (χ0n) is 22.8. The van der Waals surface area contributed by atoms with Gasteiger partial charge in [0.15, 0.2) is 17.4 Å². The van der Waals surface area contributed by atoms with Gasteiger partial charge >= 0.3 is 0 Å². The van der Waals surface area contributed by atoms with Crippen molar-refractivity contribution in [3.8, 4) is 23.0 Å². The molecule has 1 aromatic carbocycles. The maximum atomic E-state index is 15.1. The fourth-order valence-corrected chi connectivity index (χ4v) is 5.68. The predicted molar refractivity (Wildman–Crippen MR) is 148 cm³/mol. The summed E-state index contributed by atoms with van der Waals surface area (Å²) in [5.74, 6) is -1.30. The van der Waals surface area contributed by atoms with E-state index in [0.29, 0.717) is 5.56 Å². The Bertz CT molecular complexity index is 1710. The SMILES string of the molecule is COc1nccc2c1OC[C@@H](c1ccc(F)cc1F)n1c(NS(=O)(=O)[C@@H](C)[C@@H](OC(C)C)c3ncc(Cl)cn3)nnc1-2. The highest BCUT2D eigenvalue weighted by Crippen LogP contribution is 2.42. The van der Waals surface area contributed by atoms with E-state index in [-0.39, 0.29) is 52.5 Å². The van der Waals surface area contributed by atoms with E-state index in [4.69, 9.17) is 25.8 Å². The number of sulfonamides is 1. The molecule has 0 aliphatic carbocycles. The molecule has 0 saturated heterocycles. The molecule has 1 N–H and O–H groups in total. The van der Waals surface area contributed by atoms with Gasteiger partial charge < -0.3 is 14.2 Å². The van der Waals surface area contributed by atoms with Gasteiger partial charge in [0.25, 0.3) is 5.88 Å². The Hall–Kier alpha value is -3.95. The molecule has 12 nitrogen and oxygen atoms in total. The van der Waals surface area contributed by atoms with Crippen molar-refractivity contribution in [2.75, 3.05) is 18.4 Å². The maximum Gasteiger partial charge on any atom is 0.257 e. The van der Waals surface area contributed by atoms with Gasteiger partial charge in [-0.15, -0.1) is 10.2 Å². The van der Waals surface area contributed by atoms with Gasteiger partial charge in [0.2, 0.25) is 16.0 Å². The molecular formula is C26H26ClF2N7O5S. The summed E-state index contributed by atoms with van der Waals surface area (Å²) in [7, 11) is -2.88. The van der Waals surface area contributed by atoms with E-state index in [1.807, 2.05) is 0 Å². The highest BCUT2D eigenvalue weighted by Gasteiger charge is 2.38. The minimum atomic E-state index is -4.29. The van der Waals surface area contributed by atoms with Gasteiger partial charge in [-0.3, -0.25) is 9.29 Å². The number of aromatic nitrogens is 6. The number of benzene rings is 1. The van der Waals surface area contributed by atoms with Crippen LogP contribution in [-0.2, 0) is 14.8 Å². The number of hydrogen-bond acceptors (Lipinski definition) is 10. The summed E-state index contributed by atoms with van der Waals surface area (Å²) in [6.45, 7) is 4.71. The van der Waals surface area contributed by atoms with Gasteiger partial charge in [-0.05, 0) is 32.9 Å². The first-order valence-corrected chi connectivity index (χ1v) is 14.6. The number of rotatable bonds is 9. The van der Waals surface area contributed by atoms with Crippen LogP contribution in [0.4, 0.5) is 14.7 Å². The van der Waals surface area contributed by atoms with Crippen molar-refractivity contribution >= 4 is 27.6 Å². The predicted octanol–water partition coefficient (Wildman–Crippen LogP) is 4.35. The number of hydrogen-bond donors (Lipinski definition) is 1. The van der Waals surface area contributed by atoms with Crippen molar-refractivity contribution in [1.29, 1.82) is 0 Å².